The van der Waals surface area contributed by atoms with E-state index in [4.69, 9.17) is 11.6 Å². The van der Waals surface area contributed by atoms with Gasteiger partial charge in [-0.3, -0.25) is 4.79 Å². The number of anilines is 2. The van der Waals surface area contributed by atoms with Gasteiger partial charge >= 0.3 is 0 Å². The number of aryl methyl sites for hydroxylation is 1. The average Bonchev–Trinajstić information content (AvgIpc) is 2.37. The molecule has 0 aromatic heterocycles. The minimum atomic E-state index is -0.200. The molecule has 20 heavy (non-hydrogen) atoms. The van der Waals surface area contributed by atoms with E-state index in [1.54, 1.807) is 25.2 Å². The molecule has 2 N–H and O–H groups in total. The second kappa shape index (κ2) is 6.29. The molecule has 104 valence electrons. The molecule has 0 atom stereocenters. The molecule has 0 bridgehead atoms. The molecule has 0 aliphatic rings. The molecule has 0 aliphatic carbocycles. The summed E-state index contributed by atoms with van der Waals surface area (Å²) in [6.45, 7) is 1.97. The van der Waals surface area contributed by atoms with Crippen molar-refractivity contribution in [1.82, 2.24) is 0 Å². The zero-order valence-electron chi connectivity index (χ0n) is 11.1. The second-order valence-corrected chi connectivity index (χ2v) is 5.76. The first-order chi connectivity index (χ1) is 9.49. The highest BCUT2D eigenvalue weighted by Gasteiger charge is 2.12. The minimum absolute atomic E-state index is 0.200. The maximum absolute atomic E-state index is 12.3. The molecule has 0 fully saturated rings. The van der Waals surface area contributed by atoms with Crippen LogP contribution in [-0.4, -0.2) is 13.0 Å². The Balaban J connectivity index is 2.30. The summed E-state index contributed by atoms with van der Waals surface area (Å²) in [5, 5.41) is 6.39. The largest absolute Gasteiger partial charge is 0.387 e. The average molecular weight is 354 g/mol. The lowest BCUT2D eigenvalue weighted by Gasteiger charge is -2.11. The number of halogens is 2. The van der Waals surface area contributed by atoms with E-state index >= 15 is 0 Å². The number of nitrogens with one attached hydrogen (secondary N) is 2. The van der Waals surface area contributed by atoms with E-state index in [0.29, 0.717) is 10.6 Å². The van der Waals surface area contributed by atoms with Crippen LogP contribution in [0.1, 0.15) is 15.9 Å². The summed E-state index contributed by atoms with van der Waals surface area (Å²) in [5.74, 6) is -0.200. The number of carbonyl (C=O) groups excluding carboxylic acids is 1. The van der Waals surface area contributed by atoms with E-state index in [0.717, 1.165) is 21.4 Å². The Kier molecular flexibility index (Phi) is 4.68. The third kappa shape index (κ3) is 3.52. The van der Waals surface area contributed by atoms with Crippen LogP contribution in [0.2, 0.25) is 5.02 Å². The highest BCUT2D eigenvalue weighted by atomic mass is 79.9. The molecule has 3 nitrogen and oxygen atoms in total. The Morgan fingerprint density at radius 2 is 1.95 bits per heavy atom. The predicted molar refractivity (Wildman–Crippen MR) is 87.8 cm³/mol. The molecule has 5 heteroatoms. The summed E-state index contributed by atoms with van der Waals surface area (Å²) in [6, 6.07) is 10.9. The number of amides is 1. The van der Waals surface area contributed by atoms with Gasteiger partial charge in [0.15, 0.2) is 0 Å². The van der Waals surface area contributed by atoms with Crippen LogP contribution in [0.3, 0.4) is 0 Å². The van der Waals surface area contributed by atoms with Crippen LogP contribution in [0.15, 0.2) is 40.9 Å². The first-order valence-electron chi connectivity index (χ1n) is 6.05. The molecule has 2 aromatic rings. The lowest BCUT2D eigenvalue weighted by Crippen LogP contribution is -2.14. The molecule has 0 saturated heterocycles. The van der Waals surface area contributed by atoms with Crippen molar-refractivity contribution >= 4 is 44.8 Å². The number of hydrogen-bond acceptors (Lipinski definition) is 2. The molecule has 0 unspecified atom stereocenters. The van der Waals surface area contributed by atoms with Gasteiger partial charge in [0.25, 0.3) is 5.91 Å². The molecule has 0 aliphatic heterocycles. The van der Waals surface area contributed by atoms with E-state index in [1.165, 1.54) is 0 Å². The Hall–Kier alpha value is -1.52. The zero-order chi connectivity index (χ0) is 14.7. The SMILES string of the molecule is CNc1ccc(Cl)cc1C(=O)Nc1cc(C)cc(Br)c1. The van der Waals surface area contributed by atoms with E-state index in [1.807, 2.05) is 25.1 Å². The Labute approximate surface area is 131 Å². The van der Waals surface area contributed by atoms with Gasteiger partial charge in [-0.25, -0.2) is 0 Å². The van der Waals surface area contributed by atoms with Crippen molar-refractivity contribution in [3.63, 3.8) is 0 Å². The molecule has 1 amide bonds. The van der Waals surface area contributed by atoms with Gasteiger partial charge in [0.2, 0.25) is 0 Å². The van der Waals surface area contributed by atoms with Crippen LogP contribution < -0.4 is 10.6 Å². The van der Waals surface area contributed by atoms with Gasteiger partial charge in [0.05, 0.1) is 5.56 Å². The van der Waals surface area contributed by atoms with E-state index in [9.17, 15) is 4.79 Å². The van der Waals surface area contributed by atoms with Crippen molar-refractivity contribution in [2.24, 2.45) is 0 Å². The standard InChI is InChI=1S/C15H14BrClN2O/c1-9-5-10(16)7-12(6-9)19-15(20)13-8-11(17)3-4-14(13)18-2/h3-8,18H,1-2H3,(H,19,20). The highest BCUT2D eigenvalue weighted by molar-refractivity contribution is 9.10. The quantitative estimate of drug-likeness (QED) is 0.839. The van der Waals surface area contributed by atoms with E-state index < -0.39 is 0 Å². The molecule has 2 rings (SSSR count). The van der Waals surface area contributed by atoms with Crippen molar-refractivity contribution in [3.05, 3.63) is 57.0 Å². The topological polar surface area (TPSA) is 41.1 Å². The third-order valence-corrected chi connectivity index (χ3v) is 3.49. The first-order valence-corrected chi connectivity index (χ1v) is 7.22. The van der Waals surface area contributed by atoms with Crippen molar-refractivity contribution in [3.8, 4) is 0 Å². The maximum atomic E-state index is 12.3. The number of hydrogen-bond donors (Lipinski definition) is 2. The lowest BCUT2D eigenvalue weighted by molar-refractivity contribution is 0.102. The van der Waals surface area contributed by atoms with Gasteiger partial charge in [0, 0.05) is 27.9 Å². The van der Waals surface area contributed by atoms with E-state index in [-0.39, 0.29) is 5.91 Å². The maximum Gasteiger partial charge on any atom is 0.257 e. The fraction of sp³-hybridized carbons (Fsp3) is 0.133. The van der Waals surface area contributed by atoms with Gasteiger partial charge in [-0.05, 0) is 48.9 Å². The van der Waals surface area contributed by atoms with E-state index in [2.05, 4.69) is 26.6 Å². The highest BCUT2D eigenvalue weighted by Crippen LogP contribution is 2.23. The van der Waals surface area contributed by atoms with Crippen LogP contribution >= 0.6 is 27.5 Å². The molecule has 0 heterocycles. The molecule has 0 spiro atoms. The normalized spacial score (nSPS) is 10.2. The smallest absolute Gasteiger partial charge is 0.257 e. The summed E-state index contributed by atoms with van der Waals surface area (Å²) in [4.78, 5) is 12.3. The molecule has 0 saturated carbocycles. The van der Waals surface area contributed by atoms with Crippen LogP contribution in [0.25, 0.3) is 0 Å². The van der Waals surface area contributed by atoms with Gasteiger partial charge in [-0.15, -0.1) is 0 Å². The summed E-state index contributed by atoms with van der Waals surface area (Å²) >= 11 is 9.37. The summed E-state index contributed by atoms with van der Waals surface area (Å²) in [6.07, 6.45) is 0. The van der Waals surface area contributed by atoms with Gasteiger partial charge < -0.3 is 10.6 Å². The molecular weight excluding hydrogens is 340 g/mol. The minimum Gasteiger partial charge on any atom is -0.387 e. The van der Waals surface area contributed by atoms with Crippen molar-refractivity contribution < 1.29 is 4.79 Å². The Morgan fingerprint density at radius 1 is 1.20 bits per heavy atom. The Morgan fingerprint density at radius 3 is 2.60 bits per heavy atom. The van der Waals surface area contributed by atoms with Crippen molar-refractivity contribution in [1.29, 1.82) is 0 Å². The van der Waals surface area contributed by atoms with Gasteiger partial charge in [-0.2, -0.15) is 0 Å². The van der Waals surface area contributed by atoms with Crippen molar-refractivity contribution in [2.45, 2.75) is 6.92 Å². The fourth-order valence-electron chi connectivity index (χ4n) is 1.93. The summed E-state index contributed by atoms with van der Waals surface area (Å²) in [7, 11) is 1.77. The predicted octanol–water partition coefficient (Wildman–Crippen LogP) is 4.70. The molecular formula is C15H14BrClN2O. The van der Waals surface area contributed by atoms with Gasteiger partial charge in [0.1, 0.15) is 0 Å². The molecule has 0 radical (unpaired) electrons. The summed E-state index contributed by atoms with van der Waals surface area (Å²) < 4.78 is 0.924. The Bertz CT molecular complexity index is 638. The first kappa shape index (κ1) is 14.9. The number of rotatable bonds is 3. The lowest BCUT2D eigenvalue weighted by atomic mass is 10.1. The molecule has 2 aromatic carbocycles. The van der Waals surface area contributed by atoms with Gasteiger partial charge in [-0.1, -0.05) is 27.5 Å². The van der Waals surface area contributed by atoms with Crippen molar-refractivity contribution in [2.75, 3.05) is 17.7 Å². The fourth-order valence-corrected chi connectivity index (χ4v) is 2.71. The van der Waals surface area contributed by atoms with Crippen LogP contribution in [-0.2, 0) is 0 Å². The van der Waals surface area contributed by atoms with Crippen LogP contribution in [0.5, 0.6) is 0 Å². The van der Waals surface area contributed by atoms with Crippen LogP contribution in [0.4, 0.5) is 11.4 Å². The number of carbonyl (C=O) groups is 1. The summed E-state index contributed by atoms with van der Waals surface area (Å²) in [5.41, 5.74) is 3.05. The zero-order valence-corrected chi connectivity index (χ0v) is 13.5. The number of benzene rings is 2. The second-order valence-electron chi connectivity index (χ2n) is 4.41. The monoisotopic (exact) mass is 352 g/mol. The van der Waals surface area contributed by atoms with Crippen LogP contribution in [0, 0.1) is 6.92 Å². The third-order valence-electron chi connectivity index (χ3n) is 2.80.